The fourth-order valence-corrected chi connectivity index (χ4v) is 1.61. The molecule has 0 aromatic rings. The minimum atomic E-state index is -4.64. The summed E-state index contributed by atoms with van der Waals surface area (Å²) in [5.41, 5.74) is 0. The van der Waals surface area contributed by atoms with Crippen LogP contribution in [-0.4, -0.2) is 19.5 Å². The summed E-state index contributed by atoms with van der Waals surface area (Å²) in [6, 6.07) is 0.113. The summed E-state index contributed by atoms with van der Waals surface area (Å²) in [6.45, 7) is -4.64. The van der Waals surface area contributed by atoms with E-state index in [1.165, 1.54) is 6.42 Å². The van der Waals surface area contributed by atoms with Gasteiger partial charge in [-0.15, -0.1) is 0 Å². The van der Waals surface area contributed by atoms with Crippen molar-refractivity contribution in [2.45, 2.75) is 38.1 Å². The van der Waals surface area contributed by atoms with Crippen molar-refractivity contribution in [1.82, 2.24) is 5.32 Å². The summed E-state index contributed by atoms with van der Waals surface area (Å²) in [4.78, 5) is 0. The summed E-state index contributed by atoms with van der Waals surface area (Å²) in [5.74, 6) is 0. The van der Waals surface area contributed by atoms with Crippen LogP contribution in [0.4, 0.5) is 12.9 Å². The molecule has 1 aliphatic carbocycles. The number of hydrogen-bond donors (Lipinski definition) is 1. The Morgan fingerprint density at radius 1 is 1.08 bits per heavy atom. The van der Waals surface area contributed by atoms with E-state index in [0.717, 1.165) is 25.7 Å². The van der Waals surface area contributed by atoms with Gasteiger partial charge in [-0.05, 0) is 19.3 Å². The molecule has 1 fully saturated rings. The Balaban J connectivity index is 0.00000144. The van der Waals surface area contributed by atoms with Crippen LogP contribution in [0.25, 0.3) is 0 Å². The molecule has 0 aliphatic heterocycles. The quantitative estimate of drug-likeness (QED) is 0.619. The Morgan fingerprint density at radius 2 is 1.62 bits per heavy atom. The summed E-state index contributed by atoms with van der Waals surface area (Å²) in [6.07, 6.45) is 4.36. The van der Waals surface area contributed by atoms with Crippen LogP contribution in [-0.2, 0) is 0 Å². The monoisotopic (exact) mass is 219 g/mol. The van der Waals surface area contributed by atoms with E-state index in [-0.39, 0.29) is 57.4 Å². The Morgan fingerprint density at radius 3 is 2.08 bits per heavy atom. The molecule has 0 amide bonds. The zero-order valence-electron chi connectivity index (χ0n) is 8.03. The first-order valence-electron chi connectivity index (χ1n) is 4.52. The number of rotatable bonds is 3. The molecule has 1 saturated carbocycles. The topological polar surface area (TPSA) is 12.0 Å². The minimum Gasteiger partial charge on any atom is -0.448 e. The zero-order chi connectivity index (χ0) is 9.03. The van der Waals surface area contributed by atoms with Gasteiger partial charge in [-0.3, -0.25) is 0 Å². The predicted molar refractivity (Wildman–Crippen MR) is 44.0 cm³/mol. The maximum absolute atomic E-state index is 11.8. The van der Waals surface area contributed by atoms with Gasteiger partial charge in [0.15, 0.2) is 0 Å². The fourth-order valence-electron chi connectivity index (χ4n) is 1.61. The van der Waals surface area contributed by atoms with Gasteiger partial charge < -0.3 is 18.3 Å². The second-order valence-electron chi connectivity index (χ2n) is 3.45. The van der Waals surface area contributed by atoms with Crippen LogP contribution in [0.1, 0.15) is 32.1 Å². The molecule has 6 heteroatoms. The first kappa shape index (κ1) is 14.5. The van der Waals surface area contributed by atoms with Gasteiger partial charge >= 0.3 is 58.4 Å². The molecule has 1 N–H and O–H groups in total. The molecule has 13 heavy (non-hydrogen) atoms. The normalized spacial score (nSPS) is 19.6. The zero-order valence-corrected chi connectivity index (χ0v) is 11.2. The van der Waals surface area contributed by atoms with Crippen molar-refractivity contribution < 1.29 is 64.3 Å². The molecule has 1 aliphatic rings. The molecule has 0 radical (unpaired) electrons. The van der Waals surface area contributed by atoms with Crippen LogP contribution in [0, 0.1) is 0 Å². The van der Waals surface area contributed by atoms with E-state index in [4.69, 9.17) is 0 Å². The van der Waals surface area contributed by atoms with Gasteiger partial charge in [-0.1, -0.05) is 19.3 Å². The third kappa shape index (κ3) is 7.39. The maximum Gasteiger partial charge on any atom is 1.00 e. The van der Waals surface area contributed by atoms with Crippen LogP contribution in [0.15, 0.2) is 0 Å². The Bertz CT molecular complexity index is 136. The van der Waals surface area contributed by atoms with Crippen LogP contribution < -0.4 is 56.7 Å². The van der Waals surface area contributed by atoms with Crippen LogP contribution in [0.2, 0.25) is 0 Å². The molecule has 0 saturated heterocycles. The molecule has 0 atom stereocenters. The Labute approximate surface area is 120 Å². The van der Waals surface area contributed by atoms with Crippen molar-refractivity contribution in [2.75, 3.05) is 6.44 Å². The van der Waals surface area contributed by atoms with Gasteiger partial charge in [-0.25, -0.2) is 0 Å². The molecule has 0 unspecified atom stereocenters. The standard InChI is InChI=1S/C7H14BF3N.K/c9-8(10,11)6-12-7-4-2-1-3-5-7;/h7,12H,1-6H2;/q-1;+1. The van der Waals surface area contributed by atoms with Crippen LogP contribution in [0.5, 0.6) is 0 Å². The smallest absolute Gasteiger partial charge is 0.448 e. The van der Waals surface area contributed by atoms with Gasteiger partial charge in [-0.2, -0.15) is 0 Å². The molecule has 0 aromatic carbocycles. The van der Waals surface area contributed by atoms with Crippen molar-refractivity contribution in [3.8, 4) is 0 Å². The van der Waals surface area contributed by atoms with E-state index in [9.17, 15) is 12.9 Å². The van der Waals surface area contributed by atoms with Crippen LogP contribution >= 0.6 is 0 Å². The Hall–Kier alpha value is 1.45. The Kier molecular flexibility index (Phi) is 7.61. The van der Waals surface area contributed by atoms with E-state index in [1.54, 1.807) is 0 Å². The van der Waals surface area contributed by atoms with E-state index in [2.05, 4.69) is 5.32 Å². The summed E-state index contributed by atoms with van der Waals surface area (Å²) < 4.78 is 35.4. The molecule has 1 nitrogen and oxygen atoms in total. The molecule has 1 rings (SSSR count). The second-order valence-corrected chi connectivity index (χ2v) is 3.45. The maximum atomic E-state index is 11.8. The minimum absolute atomic E-state index is 0. The van der Waals surface area contributed by atoms with E-state index < -0.39 is 13.4 Å². The molecular weight excluding hydrogens is 205 g/mol. The van der Waals surface area contributed by atoms with Gasteiger partial charge in [0.25, 0.3) is 0 Å². The van der Waals surface area contributed by atoms with Gasteiger partial charge in [0, 0.05) is 6.04 Å². The molecule has 0 bridgehead atoms. The SMILES string of the molecule is F[B-](F)(F)CNC1CCCCC1.[K+]. The molecule has 72 valence electrons. The number of hydrogen-bond acceptors (Lipinski definition) is 1. The van der Waals surface area contributed by atoms with Crippen molar-refractivity contribution >= 4 is 6.98 Å². The van der Waals surface area contributed by atoms with E-state index in [1.807, 2.05) is 0 Å². The first-order chi connectivity index (χ1) is 5.58. The summed E-state index contributed by atoms with van der Waals surface area (Å²) in [5, 5.41) is 2.56. The van der Waals surface area contributed by atoms with Crippen LogP contribution in [0.3, 0.4) is 0 Å². The second kappa shape index (κ2) is 6.85. The molecule has 0 aromatic heterocycles. The molecule has 0 spiro atoms. The number of halogens is 3. The van der Waals surface area contributed by atoms with Crippen molar-refractivity contribution in [1.29, 1.82) is 0 Å². The third-order valence-corrected chi connectivity index (χ3v) is 2.24. The largest absolute Gasteiger partial charge is 1.00 e. The summed E-state index contributed by atoms with van der Waals surface area (Å²) >= 11 is 0. The number of nitrogens with one attached hydrogen (secondary N) is 1. The first-order valence-corrected chi connectivity index (χ1v) is 4.52. The van der Waals surface area contributed by atoms with Crippen molar-refractivity contribution in [3.63, 3.8) is 0 Å². The van der Waals surface area contributed by atoms with E-state index >= 15 is 0 Å². The predicted octanol–water partition coefficient (Wildman–Crippen LogP) is -0.701. The average Bonchev–Trinajstić information content (AvgIpc) is 2.02. The van der Waals surface area contributed by atoms with Crippen molar-refractivity contribution in [3.05, 3.63) is 0 Å². The third-order valence-electron chi connectivity index (χ3n) is 2.24. The van der Waals surface area contributed by atoms with Crippen molar-refractivity contribution in [2.24, 2.45) is 0 Å². The van der Waals surface area contributed by atoms with Gasteiger partial charge in [0.05, 0.1) is 0 Å². The van der Waals surface area contributed by atoms with Gasteiger partial charge in [0.2, 0.25) is 0 Å². The summed E-state index contributed by atoms with van der Waals surface area (Å²) in [7, 11) is 0. The van der Waals surface area contributed by atoms with Gasteiger partial charge in [0.1, 0.15) is 0 Å². The fraction of sp³-hybridized carbons (Fsp3) is 1.00. The van der Waals surface area contributed by atoms with E-state index in [0.29, 0.717) is 0 Å². The average molecular weight is 219 g/mol. The molecule has 0 heterocycles. The molecular formula is C7H14BF3KN.